The SMILES string of the molecule is C[C@@H]1CN(c2nccnc2Oc2ccc(C(=O)c3nc4ccccc4[nH]3)cc2)CC(=O)N1. The number of imidazole rings is 1. The standard InChI is InChI=1S/C23H20N6O3/c1-14-12-29(13-19(30)26-14)22-23(25-11-10-24-22)32-16-8-6-15(7-9-16)20(31)21-27-17-4-2-3-5-18(17)28-21/h2-11,14H,12-13H2,1H3,(H,26,30)(H,27,28)/t14-/m1/s1. The number of hydrogen-bond acceptors (Lipinski definition) is 7. The van der Waals surface area contributed by atoms with Crippen molar-refractivity contribution < 1.29 is 14.3 Å². The Bertz CT molecular complexity index is 1270. The summed E-state index contributed by atoms with van der Waals surface area (Å²) in [5.41, 5.74) is 2.04. The first-order valence-electron chi connectivity index (χ1n) is 10.2. The molecule has 9 heteroatoms. The van der Waals surface area contributed by atoms with Crippen molar-refractivity contribution in [3.05, 3.63) is 72.3 Å². The summed E-state index contributed by atoms with van der Waals surface area (Å²) in [4.78, 5) is 42.6. The Hall–Kier alpha value is -4.27. The summed E-state index contributed by atoms with van der Waals surface area (Å²) < 4.78 is 5.94. The van der Waals surface area contributed by atoms with Crippen molar-refractivity contribution >= 4 is 28.5 Å². The highest BCUT2D eigenvalue weighted by atomic mass is 16.5. The van der Waals surface area contributed by atoms with Crippen LogP contribution >= 0.6 is 0 Å². The number of H-pyrrole nitrogens is 1. The van der Waals surface area contributed by atoms with Crippen LogP contribution in [0.3, 0.4) is 0 Å². The van der Waals surface area contributed by atoms with Gasteiger partial charge < -0.3 is 19.9 Å². The highest BCUT2D eigenvalue weighted by Crippen LogP contribution is 2.29. The first-order chi connectivity index (χ1) is 15.6. The topological polar surface area (TPSA) is 113 Å². The lowest BCUT2D eigenvalue weighted by Crippen LogP contribution is -2.53. The fourth-order valence-electron chi connectivity index (χ4n) is 3.69. The highest BCUT2D eigenvalue weighted by Gasteiger charge is 2.25. The van der Waals surface area contributed by atoms with Gasteiger partial charge in [-0.05, 0) is 43.3 Å². The summed E-state index contributed by atoms with van der Waals surface area (Å²) in [6, 6.07) is 14.2. The van der Waals surface area contributed by atoms with Crippen LogP contribution in [0, 0.1) is 0 Å². The zero-order valence-electron chi connectivity index (χ0n) is 17.3. The maximum absolute atomic E-state index is 12.8. The molecule has 0 radical (unpaired) electrons. The van der Waals surface area contributed by atoms with Crippen LogP contribution in [0.2, 0.25) is 0 Å². The molecule has 1 atom stereocenters. The minimum atomic E-state index is -0.207. The van der Waals surface area contributed by atoms with E-state index in [4.69, 9.17) is 4.74 Å². The van der Waals surface area contributed by atoms with Crippen LogP contribution in [0.5, 0.6) is 11.6 Å². The third-order valence-electron chi connectivity index (χ3n) is 5.12. The van der Waals surface area contributed by atoms with Gasteiger partial charge in [0, 0.05) is 30.5 Å². The molecule has 5 rings (SSSR count). The summed E-state index contributed by atoms with van der Waals surface area (Å²) in [7, 11) is 0. The van der Waals surface area contributed by atoms with Gasteiger partial charge in [-0.3, -0.25) is 9.59 Å². The molecule has 1 aliphatic rings. The van der Waals surface area contributed by atoms with Gasteiger partial charge >= 0.3 is 0 Å². The fourth-order valence-corrected chi connectivity index (χ4v) is 3.69. The number of hydrogen-bond donors (Lipinski definition) is 2. The number of benzene rings is 2. The van der Waals surface area contributed by atoms with E-state index in [1.165, 1.54) is 6.20 Å². The number of ether oxygens (including phenoxy) is 1. The number of carbonyl (C=O) groups excluding carboxylic acids is 2. The number of aromatic nitrogens is 4. The minimum Gasteiger partial charge on any atom is -0.436 e. The van der Waals surface area contributed by atoms with Gasteiger partial charge in [0.15, 0.2) is 11.6 Å². The number of amides is 1. The first kappa shape index (κ1) is 19.7. The van der Waals surface area contributed by atoms with Crippen molar-refractivity contribution in [1.82, 2.24) is 25.3 Å². The maximum atomic E-state index is 12.8. The van der Waals surface area contributed by atoms with Gasteiger partial charge in [-0.25, -0.2) is 15.0 Å². The molecule has 1 aliphatic heterocycles. The molecule has 0 bridgehead atoms. The van der Waals surface area contributed by atoms with Gasteiger partial charge in [-0.1, -0.05) is 12.1 Å². The van der Waals surface area contributed by atoms with Crippen LogP contribution in [-0.4, -0.2) is 50.8 Å². The molecule has 160 valence electrons. The summed E-state index contributed by atoms with van der Waals surface area (Å²) >= 11 is 0. The summed E-state index contributed by atoms with van der Waals surface area (Å²) in [6.07, 6.45) is 3.10. The Morgan fingerprint density at radius 2 is 1.88 bits per heavy atom. The van der Waals surface area contributed by atoms with Crippen molar-refractivity contribution in [2.24, 2.45) is 0 Å². The molecule has 0 saturated carbocycles. The average Bonchev–Trinajstić information content (AvgIpc) is 3.23. The Balaban J connectivity index is 1.35. The quantitative estimate of drug-likeness (QED) is 0.470. The summed E-state index contributed by atoms with van der Waals surface area (Å²) in [5, 5.41) is 2.88. The van der Waals surface area contributed by atoms with Crippen molar-refractivity contribution in [2.75, 3.05) is 18.0 Å². The van der Waals surface area contributed by atoms with Gasteiger partial charge in [0.05, 0.1) is 17.6 Å². The van der Waals surface area contributed by atoms with Crippen LogP contribution in [0.25, 0.3) is 11.0 Å². The van der Waals surface area contributed by atoms with Crippen LogP contribution in [0.4, 0.5) is 5.82 Å². The van der Waals surface area contributed by atoms with E-state index in [1.54, 1.807) is 30.5 Å². The lowest BCUT2D eigenvalue weighted by atomic mass is 10.1. The molecule has 3 heterocycles. The molecule has 9 nitrogen and oxygen atoms in total. The molecule has 0 unspecified atom stereocenters. The van der Waals surface area contributed by atoms with Gasteiger partial charge in [0.25, 0.3) is 5.88 Å². The van der Waals surface area contributed by atoms with E-state index in [-0.39, 0.29) is 30.1 Å². The molecule has 32 heavy (non-hydrogen) atoms. The number of nitrogens with one attached hydrogen (secondary N) is 2. The maximum Gasteiger partial charge on any atom is 0.263 e. The molecule has 1 amide bonds. The summed E-state index contributed by atoms with van der Waals surface area (Å²) in [5.74, 6) is 1.30. The molecule has 1 saturated heterocycles. The number of ketones is 1. The van der Waals surface area contributed by atoms with Crippen molar-refractivity contribution in [3.63, 3.8) is 0 Å². The second-order valence-corrected chi connectivity index (χ2v) is 7.59. The lowest BCUT2D eigenvalue weighted by molar-refractivity contribution is -0.121. The van der Waals surface area contributed by atoms with E-state index in [9.17, 15) is 9.59 Å². The smallest absolute Gasteiger partial charge is 0.263 e. The zero-order valence-corrected chi connectivity index (χ0v) is 17.3. The molecular formula is C23H20N6O3. The highest BCUT2D eigenvalue weighted by molar-refractivity contribution is 6.08. The zero-order chi connectivity index (χ0) is 22.1. The van der Waals surface area contributed by atoms with E-state index in [2.05, 4.69) is 25.3 Å². The number of aromatic amines is 1. The molecule has 1 fully saturated rings. The van der Waals surface area contributed by atoms with Gasteiger partial charge in [-0.15, -0.1) is 0 Å². The number of carbonyl (C=O) groups is 2. The van der Waals surface area contributed by atoms with Gasteiger partial charge in [0.2, 0.25) is 11.7 Å². The Morgan fingerprint density at radius 3 is 2.66 bits per heavy atom. The number of piperazine rings is 1. The number of anilines is 1. The second-order valence-electron chi connectivity index (χ2n) is 7.59. The van der Waals surface area contributed by atoms with Crippen molar-refractivity contribution in [3.8, 4) is 11.6 Å². The van der Waals surface area contributed by atoms with Gasteiger partial charge in [0.1, 0.15) is 5.75 Å². The largest absolute Gasteiger partial charge is 0.436 e. The number of para-hydroxylation sites is 2. The average molecular weight is 428 g/mol. The molecule has 4 aromatic rings. The van der Waals surface area contributed by atoms with Gasteiger partial charge in [-0.2, -0.15) is 0 Å². The fraction of sp³-hybridized carbons (Fsp3) is 0.174. The number of rotatable bonds is 5. The van der Waals surface area contributed by atoms with E-state index < -0.39 is 0 Å². The molecule has 2 aromatic carbocycles. The van der Waals surface area contributed by atoms with Crippen molar-refractivity contribution in [2.45, 2.75) is 13.0 Å². The monoisotopic (exact) mass is 428 g/mol. The van der Waals surface area contributed by atoms with E-state index in [0.29, 0.717) is 29.6 Å². The van der Waals surface area contributed by atoms with Crippen LogP contribution in [0.1, 0.15) is 23.1 Å². The van der Waals surface area contributed by atoms with Crippen molar-refractivity contribution in [1.29, 1.82) is 0 Å². The van der Waals surface area contributed by atoms with E-state index in [1.807, 2.05) is 36.1 Å². The normalized spacial score (nSPS) is 16.1. The van der Waals surface area contributed by atoms with E-state index >= 15 is 0 Å². The first-order valence-corrected chi connectivity index (χ1v) is 10.2. The van der Waals surface area contributed by atoms with Crippen LogP contribution in [0.15, 0.2) is 60.9 Å². The third-order valence-corrected chi connectivity index (χ3v) is 5.12. The molecule has 2 aromatic heterocycles. The van der Waals surface area contributed by atoms with E-state index in [0.717, 1.165) is 11.0 Å². The molecule has 0 aliphatic carbocycles. The third kappa shape index (κ3) is 3.87. The predicted octanol–water partition coefficient (Wildman–Crippen LogP) is 2.70. The van der Waals surface area contributed by atoms with Crippen LogP contribution in [-0.2, 0) is 4.79 Å². The second kappa shape index (κ2) is 8.10. The minimum absolute atomic E-state index is 0.00495. The number of fused-ring (bicyclic) bond motifs is 1. The molecular weight excluding hydrogens is 408 g/mol. The van der Waals surface area contributed by atoms with Crippen LogP contribution < -0.4 is 15.0 Å². The Labute approximate surface area is 183 Å². The lowest BCUT2D eigenvalue weighted by Gasteiger charge is -2.32. The predicted molar refractivity (Wildman–Crippen MR) is 118 cm³/mol. The molecule has 2 N–H and O–H groups in total. The number of nitrogens with zero attached hydrogens (tertiary/aromatic N) is 4. The Kier molecular flexibility index (Phi) is 4.98. The molecule has 0 spiro atoms. The Morgan fingerprint density at radius 1 is 1.09 bits per heavy atom. The summed E-state index contributed by atoms with van der Waals surface area (Å²) in [6.45, 7) is 2.72.